The number of hydrogen-bond donors (Lipinski definition) is 1. The van der Waals surface area contributed by atoms with Gasteiger partial charge in [-0.2, -0.15) is 0 Å². The van der Waals surface area contributed by atoms with Crippen LogP contribution in [-0.4, -0.2) is 11.9 Å². The highest BCUT2D eigenvalue weighted by Crippen LogP contribution is 2.38. The van der Waals surface area contributed by atoms with E-state index in [1.54, 1.807) is 0 Å². The highest BCUT2D eigenvalue weighted by molar-refractivity contribution is 9.10. The second-order valence-electron chi connectivity index (χ2n) is 7.30. The highest BCUT2D eigenvalue weighted by Gasteiger charge is 2.34. The fourth-order valence-electron chi connectivity index (χ4n) is 3.33. The zero-order valence-corrected chi connectivity index (χ0v) is 15.1. The van der Waals surface area contributed by atoms with Gasteiger partial charge in [0.15, 0.2) is 0 Å². The average molecular weight is 352 g/mol. The van der Waals surface area contributed by atoms with Crippen molar-refractivity contribution in [3.05, 3.63) is 33.8 Å². The summed E-state index contributed by atoms with van der Waals surface area (Å²) in [5.41, 5.74) is 2.13. The molecule has 1 fully saturated rings. The van der Waals surface area contributed by atoms with Gasteiger partial charge in [0.05, 0.1) is 0 Å². The van der Waals surface area contributed by atoms with Crippen molar-refractivity contribution in [3.63, 3.8) is 0 Å². The first-order valence-electron chi connectivity index (χ1n) is 7.86. The predicted octanol–water partition coefficient (Wildman–Crippen LogP) is 5.09. The molecule has 2 unspecified atom stereocenters. The van der Waals surface area contributed by atoms with Crippen LogP contribution in [0.15, 0.2) is 22.7 Å². The number of carbonyl (C=O) groups is 1. The van der Waals surface area contributed by atoms with Crippen LogP contribution in [0.3, 0.4) is 0 Å². The molecule has 1 aliphatic rings. The van der Waals surface area contributed by atoms with Gasteiger partial charge in [-0.25, -0.2) is 0 Å². The maximum atomic E-state index is 12.5. The van der Waals surface area contributed by atoms with Crippen molar-refractivity contribution < 1.29 is 4.79 Å². The quantitative estimate of drug-likeness (QED) is 0.789. The largest absolute Gasteiger partial charge is 0.349 e. The number of hydrogen-bond acceptors (Lipinski definition) is 1. The van der Waals surface area contributed by atoms with Crippen molar-refractivity contribution >= 4 is 21.8 Å². The molecule has 1 aromatic carbocycles. The Balaban J connectivity index is 2.11. The van der Waals surface area contributed by atoms with Crippen molar-refractivity contribution in [2.24, 2.45) is 11.3 Å². The number of rotatable bonds is 2. The minimum Gasteiger partial charge on any atom is -0.349 e. The number of halogens is 1. The van der Waals surface area contributed by atoms with E-state index in [0.29, 0.717) is 12.0 Å². The molecule has 0 bridgehead atoms. The van der Waals surface area contributed by atoms with E-state index in [2.05, 4.69) is 42.0 Å². The Labute approximate surface area is 136 Å². The topological polar surface area (TPSA) is 29.1 Å². The van der Waals surface area contributed by atoms with Crippen LogP contribution in [0.25, 0.3) is 0 Å². The summed E-state index contributed by atoms with van der Waals surface area (Å²) < 4.78 is 0.992. The van der Waals surface area contributed by atoms with E-state index in [1.165, 1.54) is 19.3 Å². The number of carbonyl (C=O) groups excluding carboxylic acids is 1. The molecule has 0 aromatic heterocycles. The zero-order chi connectivity index (χ0) is 15.6. The van der Waals surface area contributed by atoms with E-state index in [1.807, 2.05) is 25.1 Å². The van der Waals surface area contributed by atoms with E-state index in [0.717, 1.165) is 22.0 Å². The van der Waals surface area contributed by atoms with Gasteiger partial charge < -0.3 is 5.32 Å². The Bertz CT molecular complexity index is 518. The normalized spacial score (nSPS) is 22.9. The fraction of sp³-hybridized carbons (Fsp3) is 0.611. The van der Waals surface area contributed by atoms with Gasteiger partial charge in [0, 0.05) is 16.1 Å². The average Bonchev–Trinajstić information content (AvgIpc) is 2.41. The molecule has 0 aliphatic heterocycles. The molecule has 0 saturated heterocycles. The summed E-state index contributed by atoms with van der Waals surface area (Å²) in [4.78, 5) is 12.5. The van der Waals surface area contributed by atoms with Crippen LogP contribution in [0.1, 0.15) is 62.4 Å². The summed E-state index contributed by atoms with van der Waals surface area (Å²) in [5.74, 6) is 0.612. The minimum absolute atomic E-state index is 0.0526. The van der Waals surface area contributed by atoms with Crippen LogP contribution in [-0.2, 0) is 0 Å². The lowest BCUT2D eigenvalue weighted by molar-refractivity contribution is 0.0830. The molecule has 2 atom stereocenters. The maximum Gasteiger partial charge on any atom is 0.251 e. The minimum atomic E-state index is 0.0526. The Morgan fingerprint density at radius 3 is 2.52 bits per heavy atom. The predicted molar refractivity (Wildman–Crippen MR) is 91.5 cm³/mol. The van der Waals surface area contributed by atoms with Gasteiger partial charge in [-0.05, 0) is 48.8 Å². The molecule has 1 saturated carbocycles. The van der Waals surface area contributed by atoms with Crippen LogP contribution >= 0.6 is 15.9 Å². The molecular weight excluding hydrogens is 326 g/mol. The van der Waals surface area contributed by atoms with E-state index in [-0.39, 0.29) is 11.3 Å². The number of benzene rings is 1. The monoisotopic (exact) mass is 351 g/mol. The van der Waals surface area contributed by atoms with Gasteiger partial charge in [0.2, 0.25) is 0 Å². The van der Waals surface area contributed by atoms with Crippen molar-refractivity contribution in [2.75, 3.05) is 0 Å². The number of amides is 1. The van der Waals surface area contributed by atoms with Crippen molar-refractivity contribution in [2.45, 2.75) is 59.4 Å². The summed E-state index contributed by atoms with van der Waals surface area (Å²) in [5, 5.41) is 3.28. The van der Waals surface area contributed by atoms with Crippen molar-refractivity contribution in [3.8, 4) is 0 Å². The summed E-state index contributed by atoms with van der Waals surface area (Å²) in [6.07, 6.45) is 4.81. The van der Waals surface area contributed by atoms with Crippen molar-refractivity contribution in [1.29, 1.82) is 0 Å². The third-order valence-electron chi connectivity index (χ3n) is 4.63. The van der Waals surface area contributed by atoms with Crippen LogP contribution in [0.4, 0.5) is 0 Å². The molecule has 0 radical (unpaired) electrons. The lowest BCUT2D eigenvalue weighted by Crippen LogP contribution is -2.46. The third kappa shape index (κ3) is 4.09. The lowest BCUT2D eigenvalue weighted by atomic mass is 9.69. The van der Waals surface area contributed by atoms with Crippen LogP contribution in [0.2, 0.25) is 0 Å². The Kier molecular flexibility index (Phi) is 5.13. The molecule has 2 nitrogen and oxygen atoms in total. The van der Waals surface area contributed by atoms with E-state index in [9.17, 15) is 4.79 Å². The standard InChI is InChI=1S/C18H26BrNO/c1-12-9-10-13(11-15(12)19)17(21)20-16-8-6-5-7-14(16)18(2,3)4/h9-11,14,16H,5-8H2,1-4H3,(H,20,21). The van der Waals surface area contributed by atoms with Gasteiger partial charge >= 0.3 is 0 Å². The van der Waals surface area contributed by atoms with Crippen LogP contribution < -0.4 is 5.32 Å². The van der Waals surface area contributed by atoms with Crippen LogP contribution in [0, 0.1) is 18.3 Å². The molecular formula is C18H26BrNO. The van der Waals surface area contributed by atoms with Gasteiger partial charge in [0.1, 0.15) is 0 Å². The van der Waals surface area contributed by atoms with Gasteiger partial charge in [-0.1, -0.05) is 55.6 Å². The van der Waals surface area contributed by atoms with Gasteiger partial charge in [-0.15, -0.1) is 0 Å². The number of aryl methyl sites for hydroxylation is 1. The summed E-state index contributed by atoms with van der Waals surface area (Å²) >= 11 is 3.50. The Morgan fingerprint density at radius 1 is 1.24 bits per heavy atom. The van der Waals surface area contributed by atoms with Crippen LogP contribution in [0.5, 0.6) is 0 Å². The second-order valence-corrected chi connectivity index (χ2v) is 8.16. The highest BCUT2D eigenvalue weighted by atomic mass is 79.9. The SMILES string of the molecule is Cc1ccc(C(=O)NC2CCCCC2C(C)(C)C)cc1Br. The molecule has 1 aromatic rings. The molecule has 0 spiro atoms. The molecule has 116 valence electrons. The smallest absolute Gasteiger partial charge is 0.251 e. The molecule has 1 N–H and O–H groups in total. The molecule has 3 heteroatoms. The molecule has 1 amide bonds. The first kappa shape index (κ1) is 16.5. The van der Waals surface area contributed by atoms with E-state index in [4.69, 9.17) is 0 Å². The molecule has 1 aliphatic carbocycles. The first-order valence-corrected chi connectivity index (χ1v) is 8.65. The molecule has 2 rings (SSSR count). The van der Waals surface area contributed by atoms with E-state index >= 15 is 0 Å². The van der Waals surface area contributed by atoms with Crippen molar-refractivity contribution in [1.82, 2.24) is 5.32 Å². The summed E-state index contributed by atoms with van der Waals surface area (Å²) in [6, 6.07) is 6.11. The summed E-state index contributed by atoms with van der Waals surface area (Å²) in [7, 11) is 0. The van der Waals surface area contributed by atoms with Gasteiger partial charge in [-0.3, -0.25) is 4.79 Å². The Hall–Kier alpha value is -0.830. The Morgan fingerprint density at radius 2 is 1.90 bits per heavy atom. The number of nitrogens with one attached hydrogen (secondary N) is 1. The lowest BCUT2D eigenvalue weighted by Gasteiger charge is -2.40. The molecule has 0 heterocycles. The maximum absolute atomic E-state index is 12.5. The molecule has 21 heavy (non-hydrogen) atoms. The summed E-state index contributed by atoms with van der Waals surface area (Å²) in [6.45, 7) is 8.88. The first-order chi connectivity index (χ1) is 9.79. The third-order valence-corrected chi connectivity index (χ3v) is 5.48. The van der Waals surface area contributed by atoms with E-state index < -0.39 is 0 Å². The second kappa shape index (κ2) is 6.51. The fourth-order valence-corrected chi connectivity index (χ4v) is 3.70. The zero-order valence-electron chi connectivity index (χ0n) is 13.5. The van der Waals surface area contributed by atoms with Gasteiger partial charge in [0.25, 0.3) is 5.91 Å².